The molecule has 31 heavy (non-hydrogen) atoms. The van der Waals surface area contributed by atoms with Crippen LogP contribution in [-0.2, 0) is 6.61 Å². The van der Waals surface area contributed by atoms with Crippen molar-refractivity contribution in [3.05, 3.63) is 64.3 Å². The molecular formula is C20H13ClFN7OS. The maximum Gasteiger partial charge on any atom is 0.316 e. The largest absolute Gasteiger partial charge is 0.456 e. The summed E-state index contributed by atoms with van der Waals surface area (Å²) in [6.07, 6.45) is 2.94. The minimum Gasteiger partial charge on any atom is -0.456 e. The molecule has 0 radical (unpaired) electrons. The number of nitrogens with zero attached hydrogens (tertiary/aromatic N) is 6. The molecular weight excluding hydrogens is 441 g/mol. The predicted molar refractivity (Wildman–Crippen MR) is 114 cm³/mol. The molecule has 0 aliphatic rings. The van der Waals surface area contributed by atoms with E-state index in [9.17, 15) is 4.39 Å². The van der Waals surface area contributed by atoms with Crippen LogP contribution in [0.5, 0.6) is 6.01 Å². The first-order valence-corrected chi connectivity index (χ1v) is 10.3. The Morgan fingerprint density at radius 3 is 2.77 bits per heavy atom. The smallest absolute Gasteiger partial charge is 0.316 e. The summed E-state index contributed by atoms with van der Waals surface area (Å²) in [6.45, 7) is 2.13. The van der Waals surface area contributed by atoms with Gasteiger partial charge in [-0.3, -0.25) is 5.10 Å². The first-order valence-electron chi connectivity index (χ1n) is 9.11. The molecule has 0 unspecified atom stereocenters. The fourth-order valence-electron chi connectivity index (χ4n) is 3.04. The van der Waals surface area contributed by atoms with E-state index in [2.05, 4.69) is 30.4 Å². The lowest BCUT2D eigenvalue weighted by molar-refractivity contribution is 0.280. The Bertz CT molecular complexity index is 1390. The third kappa shape index (κ3) is 3.94. The summed E-state index contributed by atoms with van der Waals surface area (Å²) >= 11 is 7.25. The van der Waals surface area contributed by atoms with E-state index in [1.807, 2.05) is 25.1 Å². The Morgan fingerprint density at radius 2 is 1.94 bits per heavy atom. The molecule has 0 aliphatic carbocycles. The maximum atomic E-state index is 14.3. The van der Waals surface area contributed by atoms with Gasteiger partial charge in [0.05, 0.1) is 44.9 Å². The van der Waals surface area contributed by atoms with E-state index in [-0.39, 0.29) is 18.1 Å². The molecule has 8 nitrogen and oxygen atoms in total. The Morgan fingerprint density at radius 1 is 1.13 bits per heavy atom. The second-order valence-electron chi connectivity index (χ2n) is 6.57. The number of H-pyrrole nitrogens is 1. The van der Waals surface area contributed by atoms with Crippen molar-refractivity contribution >= 4 is 34.0 Å². The number of rotatable bonds is 5. The molecule has 0 aliphatic heterocycles. The van der Waals surface area contributed by atoms with Crippen molar-refractivity contribution in [1.29, 1.82) is 0 Å². The van der Waals surface area contributed by atoms with E-state index in [0.29, 0.717) is 21.8 Å². The van der Waals surface area contributed by atoms with Crippen molar-refractivity contribution in [2.24, 2.45) is 0 Å². The van der Waals surface area contributed by atoms with Gasteiger partial charge in [0.15, 0.2) is 5.82 Å². The molecule has 154 valence electrons. The highest BCUT2D eigenvalue weighted by atomic mass is 35.5. The molecule has 5 aromatic rings. The number of benzene rings is 1. The highest BCUT2D eigenvalue weighted by Crippen LogP contribution is 2.31. The number of aromatic nitrogens is 7. The van der Waals surface area contributed by atoms with Crippen LogP contribution in [0.3, 0.4) is 0 Å². The number of halogens is 2. The van der Waals surface area contributed by atoms with Crippen molar-refractivity contribution in [2.45, 2.75) is 13.5 Å². The van der Waals surface area contributed by atoms with Gasteiger partial charge in [-0.2, -0.15) is 0 Å². The van der Waals surface area contributed by atoms with Crippen LogP contribution in [0.1, 0.15) is 10.7 Å². The first-order chi connectivity index (χ1) is 15.1. The number of hydrogen-bond acceptors (Lipinski definition) is 8. The topological polar surface area (TPSA) is 102 Å². The van der Waals surface area contributed by atoms with Crippen molar-refractivity contribution in [3.8, 4) is 27.8 Å². The maximum absolute atomic E-state index is 14.3. The summed E-state index contributed by atoms with van der Waals surface area (Å²) < 4.78 is 19.9. The van der Waals surface area contributed by atoms with E-state index in [0.717, 1.165) is 21.3 Å². The normalized spacial score (nSPS) is 11.2. The number of thiazole rings is 1. The molecule has 0 saturated carbocycles. The Balaban J connectivity index is 1.42. The molecule has 0 saturated heterocycles. The van der Waals surface area contributed by atoms with Crippen LogP contribution in [0.2, 0.25) is 5.02 Å². The number of aryl methyl sites for hydroxylation is 1. The Labute approximate surface area is 184 Å². The lowest BCUT2D eigenvalue weighted by Gasteiger charge is -2.05. The van der Waals surface area contributed by atoms with Crippen LogP contribution < -0.4 is 4.74 Å². The predicted octanol–water partition coefficient (Wildman–Crippen LogP) is 4.61. The van der Waals surface area contributed by atoms with Gasteiger partial charge in [-0.25, -0.2) is 24.3 Å². The zero-order chi connectivity index (χ0) is 21.4. The van der Waals surface area contributed by atoms with Crippen LogP contribution in [0.15, 0.2) is 42.7 Å². The number of ether oxygens (including phenoxy) is 1. The van der Waals surface area contributed by atoms with E-state index < -0.39 is 5.82 Å². The van der Waals surface area contributed by atoms with Gasteiger partial charge < -0.3 is 4.74 Å². The average molecular weight is 454 g/mol. The first kappa shape index (κ1) is 19.5. The third-order valence-corrected chi connectivity index (χ3v) is 5.77. The zero-order valence-electron chi connectivity index (χ0n) is 16.0. The van der Waals surface area contributed by atoms with Gasteiger partial charge in [-0.05, 0) is 31.2 Å². The summed E-state index contributed by atoms with van der Waals surface area (Å²) in [5.41, 5.74) is 3.54. The van der Waals surface area contributed by atoms with Crippen molar-refractivity contribution < 1.29 is 9.13 Å². The second-order valence-corrected chi connectivity index (χ2v) is 8.09. The molecule has 11 heteroatoms. The van der Waals surface area contributed by atoms with Crippen LogP contribution >= 0.6 is 22.9 Å². The number of fused-ring (bicyclic) bond motifs is 1. The van der Waals surface area contributed by atoms with Gasteiger partial charge in [0.1, 0.15) is 17.1 Å². The van der Waals surface area contributed by atoms with E-state index in [1.165, 1.54) is 29.8 Å². The van der Waals surface area contributed by atoms with Gasteiger partial charge >= 0.3 is 6.01 Å². The van der Waals surface area contributed by atoms with Crippen LogP contribution in [0.4, 0.5) is 4.39 Å². The van der Waals surface area contributed by atoms with Gasteiger partial charge in [0, 0.05) is 5.56 Å². The molecule has 1 N–H and O–H groups in total. The Hall–Kier alpha value is -3.50. The van der Waals surface area contributed by atoms with Gasteiger partial charge in [-0.1, -0.05) is 22.9 Å². The van der Waals surface area contributed by atoms with Crippen LogP contribution in [-0.4, -0.2) is 35.3 Å². The Kier molecular flexibility index (Phi) is 5.00. The molecule has 5 rings (SSSR count). The fourth-order valence-corrected chi connectivity index (χ4v) is 4.08. The van der Waals surface area contributed by atoms with E-state index in [1.54, 1.807) is 6.07 Å². The lowest BCUT2D eigenvalue weighted by Crippen LogP contribution is -1.98. The van der Waals surface area contributed by atoms with Gasteiger partial charge in [0.2, 0.25) is 0 Å². The summed E-state index contributed by atoms with van der Waals surface area (Å²) in [7, 11) is 0. The fraction of sp³-hybridized carbons (Fsp3) is 0.100. The minimum atomic E-state index is -0.453. The SMILES string of the molecule is Cc1nc(COc2ncc(Cl)cn2)sc1-c1cccc(-c2cc(F)c3nn[nH]c3c2)n1. The summed E-state index contributed by atoms with van der Waals surface area (Å²) in [5, 5.41) is 11.3. The third-order valence-electron chi connectivity index (χ3n) is 4.42. The van der Waals surface area contributed by atoms with Crippen LogP contribution in [0, 0.1) is 12.7 Å². The highest BCUT2D eigenvalue weighted by molar-refractivity contribution is 7.15. The number of nitrogens with one attached hydrogen (secondary N) is 1. The lowest BCUT2D eigenvalue weighted by atomic mass is 10.1. The summed E-state index contributed by atoms with van der Waals surface area (Å²) in [4.78, 5) is 18.2. The number of aromatic amines is 1. The molecule has 1 aromatic carbocycles. The average Bonchev–Trinajstić information content (AvgIpc) is 3.40. The standard InChI is InChI=1S/C20H13ClFN7OS/c1-10-19(31-17(25-10)9-30-20-23-7-12(21)8-24-20)15-4-2-3-14(26-15)11-5-13(22)18-16(6-11)27-29-28-18/h2-8H,9H2,1H3,(H,27,28,29). The molecule has 0 spiro atoms. The summed E-state index contributed by atoms with van der Waals surface area (Å²) in [6, 6.07) is 9.00. The second kappa shape index (κ2) is 7.97. The van der Waals surface area contributed by atoms with E-state index in [4.69, 9.17) is 21.3 Å². The molecule has 0 fully saturated rings. The molecule has 0 amide bonds. The monoisotopic (exact) mass is 453 g/mol. The molecule has 0 bridgehead atoms. The summed E-state index contributed by atoms with van der Waals surface area (Å²) in [5.74, 6) is -0.453. The minimum absolute atomic E-state index is 0.201. The zero-order valence-corrected chi connectivity index (χ0v) is 17.6. The highest BCUT2D eigenvalue weighted by Gasteiger charge is 2.14. The molecule has 4 aromatic heterocycles. The van der Waals surface area contributed by atoms with Crippen molar-refractivity contribution in [2.75, 3.05) is 0 Å². The van der Waals surface area contributed by atoms with Crippen molar-refractivity contribution in [3.63, 3.8) is 0 Å². The number of hydrogen-bond donors (Lipinski definition) is 1. The van der Waals surface area contributed by atoms with E-state index >= 15 is 0 Å². The molecule has 4 heterocycles. The van der Waals surface area contributed by atoms with Crippen LogP contribution in [0.25, 0.3) is 32.9 Å². The van der Waals surface area contributed by atoms with Crippen molar-refractivity contribution in [1.82, 2.24) is 35.3 Å². The van der Waals surface area contributed by atoms with Gasteiger partial charge in [0.25, 0.3) is 0 Å². The number of pyridine rings is 1. The van der Waals surface area contributed by atoms with Gasteiger partial charge in [-0.15, -0.1) is 16.4 Å². The molecule has 0 atom stereocenters. The quantitative estimate of drug-likeness (QED) is 0.414.